The van der Waals surface area contributed by atoms with Crippen LogP contribution in [0.1, 0.15) is 26.3 Å². The summed E-state index contributed by atoms with van der Waals surface area (Å²) < 4.78 is 4.10. The average molecular weight is 255 g/mol. The average Bonchev–Trinajstić information content (AvgIpc) is 3.03. The Kier molecular flexibility index (Phi) is 2.81. The molecule has 98 valence electrons. The van der Waals surface area contributed by atoms with Gasteiger partial charge in [-0.2, -0.15) is 5.10 Å². The Labute approximate surface area is 111 Å². The van der Waals surface area contributed by atoms with E-state index in [0.29, 0.717) is 6.04 Å². The van der Waals surface area contributed by atoms with Crippen molar-refractivity contribution in [1.29, 1.82) is 0 Å². The van der Waals surface area contributed by atoms with E-state index in [1.807, 2.05) is 36.1 Å². The van der Waals surface area contributed by atoms with Crippen LogP contribution in [0.15, 0.2) is 30.6 Å². The Morgan fingerprint density at radius 2 is 2.11 bits per heavy atom. The van der Waals surface area contributed by atoms with Crippen molar-refractivity contribution in [2.45, 2.75) is 26.3 Å². The van der Waals surface area contributed by atoms with E-state index >= 15 is 0 Å². The summed E-state index contributed by atoms with van der Waals surface area (Å²) in [6.07, 6.45) is 4.64. The van der Waals surface area contributed by atoms with Gasteiger partial charge in [0.15, 0.2) is 11.5 Å². The maximum absolute atomic E-state index is 4.62. The third kappa shape index (κ3) is 1.82. The van der Waals surface area contributed by atoms with Crippen molar-refractivity contribution in [3.8, 4) is 11.5 Å². The number of fused-ring (bicyclic) bond motifs is 1. The highest BCUT2D eigenvalue weighted by Gasteiger charge is 2.16. The second-order valence-electron chi connectivity index (χ2n) is 4.76. The van der Waals surface area contributed by atoms with Crippen LogP contribution in [0.3, 0.4) is 0 Å². The molecule has 0 saturated carbocycles. The van der Waals surface area contributed by atoms with Gasteiger partial charge in [0, 0.05) is 25.5 Å². The van der Waals surface area contributed by atoms with Crippen molar-refractivity contribution in [2.75, 3.05) is 0 Å². The molecule has 0 bridgehead atoms. The molecule has 0 saturated heterocycles. The van der Waals surface area contributed by atoms with Crippen molar-refractivity contribution in [2.24, 2.45) is 7.05 Å². The zero-order chi connectivity index (χ0) is 13.4. The highest BCUT2D eigenvalue weighted by Crippen LogP contribution is 2.25. The van der Waals surface area contributed by atoms with E-state index in [9.17, 15) is 0 Å². The Hall–Kier alpha value is -2.17. The van der Waals surface area contributed by atoms with Crippen LogP contribution in [-0.4, -0.2) is 24.3 Å². The minimum absolute atomic E-state index is 0.359. The van der Waals surface area contributed by atoms with Gasteiger partial charge in [-0.15, -0.1) is 0 Å². The predicted octanol–water partition coefficient (Wildman–Crippen LogP) is 2.80. The summed E-state index contributed by atoms with van der Waals surface area (Å²) in [5, 5.41) is 4.42. The van der Waals surface area contributed by atoms with Crippen LogP contribution >= 0.6 is 0 Å². The van der Waals surface area contributed by atoms with Crippen LogP contribution in [0, 0.1) is 0 Å². The molecule has 0 aliphatic heterocycles. The van der Waals surface area contributed by atoms with E-state index in [1.165, 1.54) is 0 Å². The molecule has 0 aliphatic carbocycles. The normalized spacial score (nSPS) is 13.0. The molecule has 0 fully saturated rings. The lowest BCUT2D eigenvalue weighted by atomic mass is 10.2. The van der Waals surface area contributed by atoms with Crippen LogP contribution in [0.5, 0.6) is 0 Å². The minimum Gasteiger partial charge on any atom is -0.324 e. The van der Waals surface area contributed by atoms with Crippen molar-refractivity contribution in [3.05, 3.63) is 30.6 Å². The largest absolute Gasteiger partial charge is 0.324 e. The fraction of sp³-hybridized carbons (Fsp3) is 0.357. The van der Waals surface area contributed by atoms with Crippen LogP contribution in [-0.2, 0) is 7.05 Å². The minimum atomic E-state index is 0.359. The number of hydrogen-bond donors (Lipinski definition) is 0. The molecule has 3 rings (SSSR count). The molecule has 1 unspecified atom stereocenters. The molecule has 1 atom stereocenters. The molecule has 0 aliphatic rings. The summed E-state index contributed by atoms with van der Waals surface area (Å²) in [7, 11) is 2.01. The molecule has 0 aromatic carbocycles. The van der Waals surface area contributed by atoms with Crippen LogP contribution in [0.25, 0.3) is 22.7 Å². The van der Waals surface area contributed by atoms with E-state index in [4.69, 9.17) is 0 Å². The van der Waals surface area contributed by atoms with Gasteiger partial charge in [-0.05, 0) is 31.5 Å². The number of imidazole rings is 1. The molecular weight excluding hydrogens is 238 g/mol. The predicted molar refractivity (Wildman–Crippen MR) is 74.7 cm³/mol. The van der Waals surface area contributed by atoms with E-state index in [0.717, 1.165) is 29.1 Å². The monoisotopic (exact) mass is 255 g/mol. The summed E-state index contributed by atoms with van der Waals surface area (Å²) in [5.41, 5.74) is 2.85. The Bertz CT molecular complexity index is 710. The Morgan fingerprint density at radius 3 is 2.84 bits per heavy atom. The van der Waals surface area contributed by atoms with E-state index < -0.39 is 0 Å². The number of hydrogen-bond acceptors (Lipinski definition) is 3. The summed E-state index contributed by atoms with van der Waals surface area (Å²) in [5.74, 6) is 0.909. The van der Waals surface area contributed by atoms with Gasteiger partial charge in [0.25, 0.3) is 0 Å². The Morgan fingerprint density at radius 1 is 1.26 bits per heavy atom. The summed E-state index contributed by atoms with van der Waals surface area (Å²) >= 11 is 0. The van der Waals surface area contributed by atoms with Crippen LogP contribution < -0.4 is 0 Å². The molecular formula is C14H17N5. The third-order valence-electron chi connectivity index (χ3n) is 3.56. The van der Waals surface area contributed by atoms with Crippen molar-refractivity contribution in [1.82, 2.24) is 24.3 Å². The number of rotatable bonds is 3. The lowest BCUT2D eigenvalue weighted by Crippen LogP contribution is -2.09. The smallest absolute Gasteiger partial charge is 0.178 e. The van der Waals surface area contributed by atoms with Gasteiger partial charge in [0.1, 0.15) is 5.69 Å². The highest BCUT2D eigenvalue weighted by atomic mass is 15.3. The summed E-state index contributed by atoms with van der Waals surface area (Å²) in [4.78, 5) is 8.93. The lowest BCUT2D eigenvalue weighted by molar-refractivity contribution is 0.481. The van der Waals surface area contributed by atoms with E-state index in [-0.39, 0.29) is 0 Å². The highest BCUT2D eigenvalue weighted by molar-refractivity contribution is 5.76. The van der Waals surface area contributed by atoms with Crippen molar-refractivity contribution < 1.29 is 0 Å². The first-order valence-electron chi connectivity index (χ1n) is 6.53. The number of pyridine rings is 1. The van der Waals surface area contributed by atoms with Crippen LogP contribution in [0.2, 0.25) is 0 Å². The molecule has 5 nitrogen and oxygen atoms in total. The maximum atomic E-state index is 4.62. The SMILES string of the molecule is CCC(C)n1nccc1-c1nc2ncccc2n1C. The summed E-state index contributed by atoms with van der Waals surface area (Å²) in [6.45, 7) is 4.32. The topological polar surface area (TPSA) is 48.5 Å². The van der Waals surface area contributed by atoms with Gasteiger partial charge in [-0.25, -0.2) is 9.97 Å². The molecule has 3 aromatic rings. The molecule has 0 spiro atoms. The van der Waals surface area contributed by atoms with Crippen LogP contribution in [0.4, 0.5) is 0 Å². The van der Waals surface area contributed by atoms with E-state index in [1.54, 1.807) is 6.20 Å². The van der Waals surface area contributed by atoms with Gasteiger partial charge < -0.3 is 4.57 Å². The van der Waals surface area contributed by atoms with E-state index in [2.05, 4.69) is 33.5 Å². The lowest BCUT2D eigenvalue weighted by Gasteiger charge is -2.13. The first-order valence-corrected chi connectivity index (χ1v) is 6.53. The second kappa shape index (κ2) is 4.50. The third-order valence-corrected chi connectivity index (χ3v) is 3.56. The molecule has 3 heterocycles. The maximum Gasteiger partial charge on any atom is 0.178 e. The zero-order valence-corrected chi connectivity index (χ0v) is 11.4. The quantitative estimate of drug-likeness (QED) is 0.723. The fourth-order valence-electron chi connectivity index (χ4n) is 2.27. The first kappa shape index (κ1) is 11.9. The van der Waals surface area contributed by atoms with Gasteiger partial charge in [-0.3, -0.25) is 4.68 Å². The molecule has 0 N–H and O–H groups in total. The summed E-state index contributed by atoms with van der Waals surface area (Å²) in [6, 6.07) is 6.33. The molecule has 3 aromatic heterocycles. The number of nitrogens with zero attached hydrogens (tertiary/aromatic N) is 5. The first-order chi connectivity index (χ1) is 9.22. The standard InChI is InChI=1S/C14H17N5/c1-4-10(2)19-12(7-9-16-19)14-17-13-11(18(14)3)6-5-8-15-13/h5-10H,4H2,1-3H3. The Balaban J connectivity index is 2.20. The molecule has 19 heavy (non-hydrogen) atoms. The van der Waals surface area contributed by atoms with Crippen molar-refractivity contribution >= 4 is 11.2 Å². The second-order valence-corrected chi connectivity index (χ2v) is 4.76. The van der Waals surface area contributed by atoms with Crippen molar-refractivity contribution in [3.63, 3.8) is 0 Å². The fourth-order valence-corrected chi connectivity index (χ4v) is 2.27. The van der Waals surface area contributed by atoms with Gasteiger partial charge in [0.2, 0.25) is 0 Å². The van der Waals surface area contributed by atoms with Gasteiger partial charge in [0.05, 0.1) is 5.52 Å². The zero-order valence-electron chi connectivity index (χ0n) is 11.4. The molecule has 5 heteroatoms. The van der Waals surface area contributed by atoms with Gasteiger partial charge >= 0.3 is 0 Å². The number of aromatic nitrogens is 5. The number of aryl methyl sites for hydroxylation is 1. The molecule has 0 amide bonds. The molecule has 0 radical (unpaired) electrons. The van der Waals surface area contributed by atoms with Gasteiger partial charge in [-0.1, -0.05) is 6.92 Å².